The Morgan fingerprint density at radius 3 is 1.96 bits per heavy atom. The van der Waals surface area contributed by atoms with Crippen LogP contribution in [0.3, 0.4) is 0 Å². The van der Waals surface area contributed by atoms with Crippen LogP contribution in [0.2, 0.25) is 0 Å². The molecule has 2 aromatic carbocycles. The molecule has 4 nitrogen and oxygen atoms in total. The second-order valence-electron chi connectivity index (χ2n) is 7.36. The minimum absolute atomic E-state index is 0.0561. The van der Waals surface area contributed by atoms with Gasteiger partial charge in [0.15, 0.2) is 0 Å². The maximum absolute atomic E-state index is 12.9. The SMILES string of the molecule is CN1CSC[C@H]1C(=O)N1CCN(C(c2ccccc2)c2ccccc2)CC1. The third kappa shape index (κ3) is 4.05. The summed E-state index contributed by atoms with van der Waals surface area (Å²) in [6, 6.07) is 21.7. The molecular weight excluding hydrogens is 354 g/mol. The largest absolute Gasteiger partial charge is 0.339 e. The number of hydrogen-bond acceptors (Lipinski definition) is 4. The summed E-state index contributed by atoms with van der Waals surface area (Å²) in [6.07, 6.45) is 0. The van der Waals surface area contributed by atoms with Crippen LogP contribution in [0.1, 0.15) is 17.2 Å². The number of benzene rings is 2. The summed E-state index contributed by atoms with van der Waals surface area (Å²) in [4.78, 5) is 19.6. The molecule has 1 atom stereocenters. The van der Waals surface area contributed by atoms with Crippen molar-refractivity contribution in [3.05, 3.63) is 71.8 Å². The topological polar surface area (TPSA) is 26.8 Å². The van der Waals surface area contributed by atoms with Gasteiger partial charge in [0.2, 0.25) is 5.91 Å². The number of hydrogen-bond donors (Lipinski definition) is 0. The van der Waals surface area contributed by atoms with Crippen LogP contribution in [-0.4, -0.2) is 71.5 Å². The standard InChI is InChI=1S/C22H27N3OS/c1-23-17-27-16-20(23)22(26)25-14-12-24(13-15-25)21(18-8-4-2-5-9-18)19-10-6-3-7-11-19/h2-11,20-21H,12-17H2,1H3/t20-/m0/s1. The molecule has 27 heavy (non-hydrogen) atoms. The van der Waals surface area contributed by atoms with E-state index in [0.717, 1.165) is 37.8 Å². The Hall–Kier alpha value is -1.82. The van der Waals surface area contributed by atoms with E-state index < -0.39 is 0 Å². The lowest BCUT2D eigenvalue weighted by molar-refractivity contribution is -0.137. The lowest BCUT2D eigenvalue weighted by Crippen LogP contribution is -2.54. The van der Waals surface area contributed by atoms with E-state index in [9.17, 15) is 4.79 Å². The van der Waals surface area contributed by atoms with E-state index in [0.29, 0.717) is 5.91 Å². The van der Waals surface area contributed by atoms with Crippen LogP contribution in [0.4, 0.5) is 0 Å². The highest BCUT2D eigenvalue weighted by molar-refractivity contribution is 7.99. The van der Waals surface area contributed by atoms with E-state index >= 15 is 0 Å². The maximum Gasteiger partial charge on any atom is 0.240 e. The van der Waals surface area contributed by atoms with Gasteiger partial charge in [0.25, 0.3) is 0 Å². The van der Waals surface area contributed by atoms with E-state index in [2.05, 4.69) is 82.4 Å². The van der Waals surface area contributed by atoms with Gasteiger partial charge in [-0.3, -0.25) is 14.6 Å². The number of nitrogens with zero attached hydrogens (tertiary/aromatic N) is 3. The normalized spacial score (nSPS) is 21.7. The first-order valence-electron chi connectivity index (χ1n) is 9.65. The fourth-order valence-electron chi connectivity index (χ4n) is 4.08. The summed E-state index contributed by atoms with van der Waals surface area (Å²) in [6.45, 7) is 3.43. The van der Waals surface area contributed by atoms with E-state index in [1.165, 1.54) is 11.1 Å². The van der Waals surface area contributed by atoms with Crippen molar-refractivity contribution in [2.45, 2.75) is 12.1 Å². The van der Waals surface area contributed by atoms with Gasteiger partial charge in [0.05, 0.1) is 12.1 Å². The van der Waals surface area contributed by atoms with Gasteiger partial charge in [-0.1, -0.05) is 60.7 Å². The zero-order valence-corrected chi connectivity index (χ0v) is 16.6. The number of amides is 1. The highest BCUT2D eigenvalue weighted by Gasteiger charge is 2.34. The van der Waals surface area contributed by atoms with Gasteiger partial charge in [-0.15, -0.1) is 11.8 Å². The van der Waals surface area contributed by atoms with Crippen molar-refractivity contribution < 1.29 is 4.79 Å². The van der Waals surface area contributed by atoms with Crippen molar-refractivity contribution in [3.8, 4) is 0 Å². The number of likely N-dealkylation sites (N-methyl/N-ethyl adjacent to an activating group) is 1. The Morgan fingerprint density at radius 2 is 1.48 bits per heavy atom. The number of thioether (sulfide) groups is 1. The monoisotopic (exact) mass is 381 g/mol. The maximum atomic E-state index is 12.9. The van der Waals surface area contributed by atoms with Gasteiger partial charge >= 0.3 is 0 Å². The van der Waals surface area contributed by atoms with E-state index in [1.54, 1.807) is 0 Å². The molecular formula is C22H27N3OS. The summed E-state index contributed by atoms with van der Waals surface area (Å²) in [7, 11) is 2.06. The Bertz CT molecular complexity index is 707. The quantitative estimate of drug-likeness (QED) is 0.814. The Balaban J connectivity index is 1.48. The molecule has 142 valence electrons. The molecule has 0 aromatic heterocycles. The van der Waals surface area contributed by atoms with Crippen LogP contribution in [0, 0.1) is 0 Å². The van der Waals surface area contributed by atoms with Crippen molar-refractivity contribution in [1.82, 2.24) is 14.7 Å². The molecule has 1 amide bonds. The molecule has 0 bridgehead atoms. The van der Waals surface area contributed by atoms with E-state index in [4.69, 9.17) is 0 Å². The van der Waals surface area contributed by atoms with Crippen LogP contribution in [-0.2, 0) is 4.79 Å². The van der Waals surface area contributed by atoms with Gasteiger partial charge in [0, 0.05) is 37.8 Å². The van der Waals surface area contributed by atoms with Crippen LogP contribution >= 0.6 is 11.8 Å². The molecule has 2 saturated heterocycles. The van der Waals surface area contributed by atoms with Crippen LogP contribution in [0.25, 0.3) is 0 Å². The highest BCUT2D eigenvalue weighted by atomic mass is 32.2. The first-order valence-corrected chi connectivity index (χ1v) is 10.8. The molecule has 2 heterocycles. The Labute approximate surface area is 166 Å². The predicted octanol–water partition coefficient (Wildman–Crippen LogP) is 2.92. The average molecular weight is 382 g/mol. The third-order valence-corrected chi connectivity index (χ3v) is 6.75. The van der Waals surface area contributed by atoms with Crippen molar-refractivity contribution in [2.75, 3.05) is 44.9 Å². The predicted molar refractivity (Wildman–Crippen MR) is 112 cm³/mol. The molecule has 0 radical (unpaired) electrons. The highest BCUT2D eigenvalue weighted by Crippen LogP contribution is 2.30. The zero-order valence-electron chi connectivity index (χ0n) is 15.8. The molecule has 0 saturated carbocycles. The van der Waals surface area contributed by atoms with Gasteiger partial charge in [-0.2, -0.15) is 0 Å². The summed E-state index contributed by atoms with van der Waals surface area (Å²) < 4.78 is 0. The number of carbonyl (C=O) groups is 1. The fraction of sp³-hybridized carbons (Fsp3) is 0.409. The van der Waals surface area contributed by atoms with Gasteiger partial charge in [-0.05, 0) is 18.2 Å². The van der Waals surface area contributed by atoms with Crippen LogP contribution < -0.4 is 0 Å². The fourth-order valence-corrected chi connectivity index (χ4v) is 5.28. The van der Waals surface area contributed by atoms with Crippen molar-refractivity contribution in [2.24, 2.45) is 0 Å². The second-order valence-corrected chi connectivity index (χ2v) is 8.36. The van der Waals surface area contributed by atoms with E-state index in [-0.39, 0.29) is 12.1 Å². The molecule has 0 aliphatic carbocycles. The van der Waals surface area contributed by atoms with Crippen molar-refractivity contribution >= 4 is 17.7 Å². The Morgan fingerprint density at radius 1 is 0.926 bits per heavy atom. The van der Waals surface area contributed by atoms with Gasteiger partial charge in [-0.25, -0.2) is 0 Å². The molecule has 2 aliphatic rings. The molecule has 2 aromatic rings. The summed E-state index contributed by atoms with van der Waals surface area (Å²) in [5.74, 6) is 2.19. The minimum atomic E-state index is 0.0561. The molecule has 0 N–H and O–H groups in total. The van der Waals surface area contributed by atoms with E-state index in [1.807, 2.05) is 11.8 Å². The molecule has 2 aliphatic heterocycles. The number of carbonyl (C=O) groups excluding carboxylic acids is 1. The number of rotatable bonds is 4. The molecule has 0 spiro atoms. The van der Waals surface area contributed by atoms with Crippen LogP contribution in [0.5, 0.6) is 0 Å². The molecule has 4 rings (SSSR count). The lowest BCUT2D eigenvalue weighted by atomic mass is 9.96. The van der Waals surface area contributed by atoms with Gasteiger partial charge < -0.3 is 4.90 Å². The number of piperazine rings is 1. The average Bonchev–Trinajstić information content (AvgIpc) is 3.16. The lowest BCUT2D eigenvalue weighted by Gasteiger charge is -2.40. The van der Waals surface area contributed by atoms with Crippen molar-refractivity contribution in [1.29, 1.82) is 0 Å². The molecule has 2 fully saturated rings. The summed E-state index contributed by atoms with van der Waals surface area (Å²) in [5, 5.41) is 0. The summed E-state index contributed by atoms with van der Waals surface area (Å²) >= 11 is 1.85. The molecule has 5 heteroatoms. The zero-order chi connectivity index (χ0) is 18.6. The van der Waals surface area contributed by atoms with Crippen molar-refractivity contribution in [3.63, 3.8) is 0 Å². The third-order valence-electron chi connectivity index (χ3n) is 5.61. The van der Waals surface area contributed by atoms with Crippen LogP contribution in [0.15, 0.2) is 60.7 Å². The summed E-state index contributed by atoms with van der Waals surface area (Å²) in [5.41, 5.74) is 2.63. The second kappa shape index (κ2) is 8.46. The first-order chi connectivity index (χ1) is 13.2. The Kier molecular flexibility index (Phi) is 5.81. The first kappa shape index (κ1) is 18.5. The smallest absolute Gasteiger partial charge is 0.240 e. The molecule has 0 unspecified atom stereocenters. The van der Waals surface area contributed by atoms with Gasteiger partial charge in [0.1, 0.15) is 0 Å². The minimum Gasteiger partial charge on any atom is -0.339 e.